The van der Waals surface area contributed by atoms with Crippen LogP contribution in [0.3, 0.4) is 0 Å². The Labute approximate surface area is 43.9 Å². The van der Waals surface area contributed by atoms with Crippen LogP contribution in [-0.2, 0) is 0 Å². The molecule has 7 heavy (non-hydrogen) atoms. The third-order valence-electron chi connectivity index (χ3n) is 0.692. The largest absolute Gasteiger partial charge is 0.396 e. The zero-order chi connectivity index (χ0) is 5.70. The Bertz CT molecular complexity index is 61.1. The molecule has 0 aliphatic carbocycles. The minimum absolute atomic E-state index is 0.192. The van der Waals surface area contributed by atoms with Gasteiger partial charge in [0, 0.05) is 19.2 Å². The normalized spacial score (nSPS) is 15.3. The van der Waals surface area contributed by atoms with Gasteiger partial charge in [-0.1, -0.05) is 6.92 Å². The number of aliphatic hydroxyl groups is 1. The number of aliphatic hydroxyl groups excluding tert-OH is 1. The van der Waals surface area contributed by atoms with E-state index in [0.29, 0.717) is 0 Å². The van der Waals surface area contributed by atoms with Gasteiger partial charge in [-0.25, -0.2) is 0 Å². The Kier molecular flexibility index (Phi) is 3.61. The fourth-order valence-corrected chi connectivity index (χ4v) is 0.302. The van der Waals surface area contributed by atoms with Gasteiger partial charge >= 0.3 is 0 Å². The van der Waals surface area contributed by atoms with Crippen molar-refractivity contribution in [3.8, 4) is 0 Å². The second-order valence-corrected chi connectivity index (χ2v) is 1.57. The van der Waals surface area contributed by atoms with Gasteiger partial charge in [0.05, 0.1) is 6.61 Å². The minimum Gasteiger partial charge on any atom is -0.396 e. The standard InChI is InChI=1S/C5H11NO/c1-5(4-7)3-6-2/h3,5,7H,4H2,1-2H3. The van der Waals surface area contributed by atoms with Gasteiger partial charge in [0.1, 0.15) is 0 Å². The van der Waals surface area contributed by atoms with E-state index in [1.165, 1.54) is 0 Å². The number of nitrogens with zero attached hydrogens (tertiary/aromatic N) is 1. The van der Waals surface area contributed by atoms with Gasteiger partial charge in [0.25, 0.3) is 0 Å². The Morgan fingerprint density at radius 2 is 2.43 bits per heavy atom. The van der Waals surface area contributed by atoms with E-state index >= 15 is 0 Å². The first-order valence-electron chi connectivity index (χ1n) is 2.34. The molecule has 0 amide bonds. The second-order valence-electron chi connectivity index (χ2n) is 1.57. The summed E-state index contributed by atoms with van der Waals surface area (Å²) in [6, 6.07) is 0. The first kappa shape index (κ1) is 6.63. The summed E-state index contributed by atoms with van der Waals surface area (Å²) in [5, 5.41) is 8.37. The summed E-state index contributed by atoms with van der Waals surface area (Å²) < 4.78 is 0. The van der Waals surface area contributed by atoms with E-state index in [1.54, 1.807) is 13.3 Å². The summed E-state index contributed by atoms with van der Waals surface area (Å²) in [4.78, 5) is 3.72. The highest BCUT2D eigenvalue weighted by Gasteiger charge is 1.89. The van der Waals surface area contributed by atoms with Crippen LogP contribution >= 0.6 is 0 Å². The van der Waals surface area contributed by atoms with Gasteiger partial charge in [-0.3, -0.25) is 0 Å². The van der Waals surface area contributed by atoms with E-state index in [0.717, 1.165) is 0 Å². The molecule has 0 rings (SSSR count). The van der Waals surface area contributed by atoms with Crippen LogP contribution in [0.15, 0.2) is 4.99 Å². The molecule has 2 nitrogen and oxygen atoms in total. The minimum atomic E-state index is 0.192. The Hall–Kier alpha value is -0.370. The van der Waals surface area contributed by atoms with Crippen molar-refractivity contribution < 1.29 is 5.11 Å². The number of rotatable bonds is 2. The maximum Gasteiger partial charge on any atom is 0.0506 e. The van der Waals surface area contributed by atoms with Crippen molar-refractivity contribution in [3.05, 3.63) is 0 Å². The SMILES string of the molecule is CN=CC(C)CO. The monoisotopic (exact) mass is 101 g/mol. The van der Waals surface area contributed by atoms with E-state index in [1.807, 2.05) is 6.92 Å². The number of hydrogen-bond donors (Lipinski definition) is 1. The van der Waals surface area contributed by atoms with Crippen molar-refractivity contribution in [2.75, 3.05) is 13.7 Å². The Balaban J connectivity index is 3.16. The molecule has 0 bridgehead atoms. The van der Waals surface area contributed by atoms with E-state index in [2.05, 4.69) is 4.99 Å². The first-order chi connectivity index (χ1) is 3.31. The zero-order valence-corrected chi connectivity index (χ0v) is 4.76. The molecule has 1 unspecified atom stereocenters. The lowest BCUT2D eigenvalue weighted by atomic mass is 10.2. The topological polar surface area (TPSA) is 32.6 Å². The molecule has 0 aliphatic heterocycles. The lowest BCUT2D eigenvalue weighted by Crippen LogP contribution is -2.00. The average Bonchev–Trinajstić information content (AvgIpc) is 1.68. The maximum absolute atomic E-state index is 8.37. The van der Waals surface area contributed by atoms with Crippen molar-refractivity contribution in [2.45, 2.75) is 6.92 Å². The van der Waals surface area contributed by atoms with Crippen LogP contribution in [0.4, 0.5) is 0 Å². The maximum atomic E-state index is 8.37. The van der Waals surface area contributed by atoms with Crippen LogP contribution in [0.5, 0.6) is 0 Å². The summed E-state index contributed by atoms with van der Waals surface area (Å²) in [5.74, 6) is 0.213. The molecular formula is C5H11NO. The predicted molar refractivity (Wildman–Crippen MR) is 30.7 cm³/mol. The molecule has 0 aromatic rings. The Morgan fingerprint density at radius 3 is 2.57 bits per heavy atom. The highest BCUT2D eigenvalue weighted by Crippen LogP contribution is 1.83. The highest BCUT2D eigenvalue weighted by atomic mass is 16.3. The van der Waals surface area contributed by atoms with Crippen LogP contribution < -0.4 is 0 Å². The Morgan fingerprint density at radius 1 is 1.86 bits per heavy atom. The first-order valence-corrected chi connectivity index (χ1v) is 2.34. The lowest BCUT2D eigenvalue weighted by Gasteiger charge is -1.93. The van der Waals surface area contributed by atoms with Crippen LogP contribution in [0.25, 0.3) is 0 Å². The molecule has 2 heteroatoms. The van der Waals surface area contributed by atoms with E-state index in [4.69, 9.17) is 5.11 Å². The van der Waals surface area contributed by atoms with Crippen molar-refractivity contribution >= 4 is 6.21 Å². The molecule has 0 aliphatic rings. The van der Waals surface area contributed by atoms with E-state index in [-0.39, 0.29) is 12.5 Å². The van der Waals surface area contributed by atoms with Crippen molar-refractivity contribution in [1.29, 1.82) is 0 Å². The lowest BCUT2D eigenvalue weighted by molar-refractivity contribution is 0.272. The molecule has 1 N–H and O–H groups in total. The molecule has 0 fully saturated rings. The highest BCUT2D eigenvalue weighted by molar-refractivity contribution is 5.59. The van der Waals surface area contributed by atoms with Crippen LogP contribution in [0, 0.1) is 5.92 Å². The van der Waals surface area contributed by atoms with Gasteiger partial charge < -0.3 is 10.1 Å². The van der Waals surface area contributed by atoms with Crippen molar-refractivity contribution in [3.63, 3.8) is 0 Å². The van der Waals surface area contributed by atoms with Gasteiger partial charge in [-0.15, -0.1) is 0 Å². The van der Waals surface area contributed by atoms with Crippen LogP contribution in [-0.4, -0.2) is 25.0 Å². The van der Waals surface area contributed by atoms with Gasteiger partial charge in [0.2, 0.25) is 0 Å². The number of hydrogen-bond acceptors (Lipinski definition) is 2. The molecule has 0 aromatic heterocycles. The summed E-state index contributed by atoms with van der Waals surface area (Å²) in [6.45, 7) is 2.10. The fourth-order valence-electron chi connectivity index (χ4n) is 0.302. The predicted octanol–water partition coefficient (Wildman–Crippen LogP) is 0.315. The van der Waals surface area contributed by atoms with Crippen molar-refractivity contribution in [1.82, 2.24) is 0 Å². The van der Waals surface area contributed by atoms with Crippen LogP contribution in [0.1, 0.15) is 6.92 Å². The molecule has 0 radical (unpaired) electrons. The van der Waals surface area contributed by atoms with Crippen molar-refractivity contribution in [2.24, 2.45) is 10.9 Å². The van der Waals surface area contributed by atoms with E-state index in [9.17, 15) is 0 Å². The third-order valence-corrected chi connectivity index (χ3v) is 0.692. The smallest absolute Gasteiger partial charge is 0.0506 e. The average molecular weight is 101 g/mol. The molecule has 0 heterocycles. The summed E-state index contributed by atoms with van der Waals surface area (Å²) in [6.07, 6.45) is 1.72. The second kappa shape index (κ2) is 3.81. The zero-order valence-electron chi connectivity index (χ0n) is 4.76. The molecule has 0 spiro atoms. The van der Waals surface area contributed by atoms with Gasteiger partial charge in [-0.05, 0) is 0 Å². The number of aliphatic imine (C=N–C) groups is 1. The summed E-state index contributed by atoms with van der Waals surface area (Å²) >= 11 is 0. The van der Waals surface area contributed by atoms with Gasteiger partial charge in [0.15, 0.2) is 0 Å². The van der Waals surface area contributed by atoms with Crippen LogP contribution in [0.2, 0.25) is 0 Å². The molecular weight excluding hydrogens is 90.1 g/mol. The summed E-state index contributed by atoms with van der Waals surface area (Å²) in [7, 11) is 1.70. The third kappa shape index (κ3) is 3.46. The summed E-state index contributed by atoms with van der Waals surface area (Å²) in [5.41, 5.74) is 0. The molecule has 42 valence electrons. The molecule has 0 aromatic carbocycles. The molecule has 1 atom stereocenters. The fraction of sp³-hybridized carbons (Fsp3) is 0.800. The van der Waals surface area contributed by atoms with E-state index < -0.39 is 0 Å². The van der Waals surface area contributed by atoms with Gasteiger partial charge in [-0.2, -0.15) is 0 Å². The molecule has 0 saturated heterocycles. The quantitative estimate of drug-likeness (QED) is 0.499. The molecule has 0 saturated carbocycles.